The number of aromatic nitrogens is 1. The Kier molecular flexibility index (Phi) is 6.01. The van der Waals surface area contributed by atoms with E-state index < -0.39 is 20.2 Å². The Hall–Kier alpha value is -3.56. The lowest BCUT2D eigenvalue weighted by molar-refractivity contribution is -0.119. The molecular formula is C25H25NO7S. The molecule has 0 spiro atoms. The zero-order valence-corrected chi connectivity index (χ0v) is 20.0. The first-order valence-electron chi connectivity index (χ1n) is 10.4. The van der Waals surface area contributed by atoms with Gasteiger partial charge in [-0.25, -0.2) is 8.42 Å². The zero-order chi connectivity index (χ0) is 24.6. The van der Waals surface area contributed by atoms with E-state index in [4.69, 9.17) is 18.9 Å². The third-order valence-corrected chi connectivity index (χ3v) is 8.51. The summed E-state index contributed by atoms with van der Waals surface area (Å²) in [6.45, 7) is 0. The molecule has 0 amide bonds. The van der Waals surface area contributed by atoms with E-state index >= 15 is 0 Å². The van der Waals surface area contributed by atoms with Crippen LogP contribution in [0.4, 0.5) is 0 Å². The molecule has 0 fully saturated rings. The minimum atomic E-state index is -4.44. The first-order chi connectivity index (χ1) is 16.4. The van der Waals surface area contributed by atoms with Gasteiger partial charge in [-0.1, -0.05) is 36.4 Å². The molecule has 2 atom stereocenters. The predicted octanol–water partition coefficient (Wildman–Crippen LogP) is 3.47. The van der Waals surface area contributed by atoms with Crippen LogP contribution >= 0.6 is 0 Å². The second-order valence-corrected chi connectivity index (χ2v) is 9.79. The van der Waals surface area contributed by atoms with Crippen LogP contribution in [0.1, 0.15) is 5.56 Å². The number of aldehydes is 1. The highest BCUT2D eigenvalue weighted by molar-refractivity contribution is 7.93. The van der Waals surface area contributed by atoms with Crippen molar-refractivity contribution in [3.63, 3.8) is 0 Å². The number of carbonyl (C=O) groups excluding carboxylic acids is 1. The predicted molar refractivity (Wildman–Crippen MR) is 126 cm³/mol. The number of aromatic amines is 1. The molecule has 4 rings (SSSR count). The molecule has 2 aromatic carbocycles. The number of H-pyrrole nitrogens is 1. The molecule has 8 nitrogen and oxygen atoms in total. The van der Waals surface area contributed by atoms with Crippen molar-refractivity contribution in [2.75, 3.05) is 28.4 Å². The number of nitrogens with one attached hydrogen (secondary N) is 1. The van der Waals surface area contributed by atoms with Crippen LogP contribution in [-0.2, 0) is 39.2 Å². The van der Waals surface area contributed by atoms with Gasteiger partial charge in [-0.3, -0.25) is 0 Å². The number of carbonyl (C=O) groups is 1. The first-order valence-corrected chi connectivity index (χ1v) is 11.8. The van der Waals surface area contributed by atoms with Gasteiger partial charge in [0.1, 0.15) is 6.29 Å². The van der Waals surface area contributed by atoms with Crippen LogP contribution in [0.5, 0.6) is 0 Å². The van der Waals surface area contributed by atoms with E-state index in [1.54, 1.807) is 24.4 Å². The smallest absolute Gasteiger partial charge is 0.202 e. The molecule has 2 unspecified atom stereocenters. The van der Waals surface area contributed by atoms with E-state index in [-0.39, 0.29) is 22.2 Å². The summed E-state index contributed by atoms with van der Waals surface area (Å²) in [5.74, 6) is 0.115. The molecule has 0 saturated carbocycles. The fraction of sp³-hybridized carbons (Fsp3) is 0.240. The second-order valence-electron chi connectivity index (χ2n) is 7.64. The number of benzene rings is 2. The molecule has 0 radical (unpaired) electrons. The van der Waals surface area contributed by atoms with E-state index in [0.717, 1.165) is 5.52 Å². The summed E-state index contributed by atoms with van der Waals surface area (Å²) in [5, 5.41) is 0.651. The fourth-order valence-electron chi connectivity index (χ4n) is 4.69. The van der Waals surface area contributed by atoms with E-state index in [2.05, 4.69) is 4.98 Å². The van der Waals surface area contributed by atoms with Crippen molar-refractivity contribution >= 4 is 27.0 Å². The van der Waals surface area contributed by atoms with Crippen LogP contribution in [0.3, 0.4) is 0 Å². The highest BCUT2D eigenvalue weighted by Crippen LogP contribution is 2.55. The van der Waals surface area contributed by atoms with Crippen LogP contribution in [-0.4, -0.2) is 52.9 Å². The van der Waals surface area contributed by atoms with E-state index in [1.807, 2.05) is 24.3 Å². The average molecular weight is 484 g/mol. The Morgan fingerprint density at radius 3 is 2.15 bits per heavy atom. The number of ether oxygens (including phenoxy) is 4. The number of fused-ring (bicyclic) bond motifs is 1. The van der Waals surface area contributed by atoms with Gasteiger partial charge in [-0.05, 0) is 24.3 Å². The van der Waals surface area contributed by atoms with Crippen LogP contribution < -0.4 is 0 Å². The first kappa shape index (κ1) is 23.6. The highest BCUT2D eigenvalue weighted by atomic mass is 32.2. The summed E-state index contributed by atoms with van der Waals surface area (Å²) in [6, 6.07) is 15.0. The standard InChI is InChI=1S/C25H25NO7S/c1-30-21-14-24(16-27,34(28,29)17-10-6-5-7-11-17)25(33-4,23(32-3)22(21)31-2)19-15-26-20-13-9-8-12-18(19)20/h5-16,26H,1-4H3. The lowest BCUT2D eigenvalue weighted by atomic mass is 9.75. The van der Waals surface area contributed by atoms with Gasteiger partial charge in [-0.2, -0.15) is 0 Å². The maximum atomic E-state index is 14.3. The van der Waals surface area contributed by atoms with Gasteiger partial charge in [0.2, 0.25) is 5.76 Å². The fourth-order valence-corrected chi connectivity index (χ4v) is 6.65. The summed E-state index contributed by atoms with van der Waals surface area (Å²) in [6.07, 6.45) is 3.21. The molecule has 178 valence electrons. The van der Waals surface area contributed by atoms with Gasteiger partial charge in [0, 0.05) is 29.8 Å². The van der Waals surface area contributed by atoms with Crippen molar-refractivity contribution < 1.29 is 32.2 Å². The number of rotatable bonds is 8. The summed E-state index contributed by atoms with van der Waals surface area (Å²) in [7, 11) is 1.01. The molecule has 1 aliphatic carbocycles. The van der Waals surface area contributed by atoms with Gasteiger partial charge < -0.3 is 28.7 Å². The molecule has 1 heterocycles. The molecule has 0 saturated heterocycles. The third kappa shape index (κ3) is 2.93. The molecule has 1 N–H and O–H groups in total. The Morgan fingerprint density at radius 1 is 0.882 bits per heavy atom. The Labute approximate surface area is 197 Å². The largest absolute Gasteiger partial charge is 0.494 e. The topological polar surface area (TPSA) is 104 Å². The minimum Gasteiger partial charge on any atom is -0.494 e. The van der Waals surface area contributed by atoms with E-state index in [1.165, 1.54) is 46.6 Å². The number of methoxy groups -OCH3 is 4. The van der Waals surface area contributed by atoms with Crippen LogP contribution in [0, 0.1) is 0 Å². The maximum absolute atomic E-state index is 14.3. The summed E-state index contributed by atoms with van der Waals surface area (Å²) >= 11 is 0. The van der Waals surface area contributed by atoms with Gasteiger partial charge in [0.25, 0.3) is 0 Å². The quantitative estimate of drug-likeness (QED) is 0.489. The average Bonchev–Trinajstić information content (AvgIpc) is 3.31. The molecule has 1 aromatic heterocycles. The van der Waals surface area contributed by atoms with Gasteiger partial charge in [0.15, 0.2) is 31.7 Å². The molecule has 3 aromatic rings. The van der Waals surface area contributed by atoms with Gasteiger partial charge >= 0.3 is 0 Å². The lowest BCUT2D eigenvalue weighted by Crippen LogP contribution is -2.61. The van der Waals surface area contributed by atoms with Crippen molar-refractivity contribution in [2.45, 2.75) is 15.2 Å². The zero-order valence-electron chi connectivity index (χ0n) is 19.2. The summed E-state index contributed by atoms with van der Waals surface area (Å²) < 4.78 is 49.2. The Morgan fingerprint density at radius 2 is 1.56 bits per heavy atom. The minimum absolute atomic E-state index is 0.0202. The molecule has 1 aliphatic rings. The SMILES string of the molecule is COC1=CC(C=O)(S(=O)(=O)c2ccccc2)C(OC)(c2c[nH]c3ccccc23)C(OC)=C1OC. The molecule has 9 heteroatoms. The number of para-hydroxylation sites is 1. The monoisotopic (exact) mass is 483 g/mol. The van der Waals surface area contributed by atoms with Crippen LogP contribution in [0.25, 0.3) is 10.9 Å². The third-order valence-electron chi connectivity index (χ3n) is 6.22. The van der Waals surface area contributed by atoms with Crippen molar-refractivity contribution in [3.8, 4) is 0 Å². The molecule has 0 aliphatic heterocycles. The number of hydrogen-bond acceptors (Lipinski definition) is 7. The number of hydrogen-bond donors (Lipinski definition) is 1. The summed E-state index contributed by atoms with van der Waals surface area (Å²) in [5.41, 5.74) is -0.859. The van der Waals surface area contributed by atoms with Crippen LogP contribution in [0.15, 0.2) is 89.0 Å². The van der Waals surface area contributed by atoms with Gasteiger partial charge in [-0.15, -0.1) is 0 Å². The van der Waals surface area contributed by atoms with Crippen molar-refractivity contribution in [2.24, 2.45) is 0 Å². The number of sulfone groups is 1. The van der Waals surface area contributed by atoms with Gasteiger partial charge in [0.05, 0.1) is 26.2 Å². The van der Waals surface area contributed by atoms with E-state index in [9.17, 15) is 13.2 Å². The molecule has 0 bridgehead atoms. The summed E-state index contributed by atoms with van der Waals surface area (Å²) in [4.78, 5) is 16.2. The van der Waals surface area contributed by atoms with E-state index in [0.29, 0.717) is 17.2 Å². The molecular weight excluding hydrogens is 458 g/mol. The van der Waals surface area contributed by atoms with Crippen LogP contribution in [0.2, 0.25) is 0 Å². The van der Waals surface area contributed by atoms with Crippen molar-refractivity contribution in [1.29, 1.82) is 0 Å². The maximum Gasteiger partial charge on any atom is 0.202 e. The second kappa shape index (κ2) is 8.66. The lowest BCUT2D eigenvalue weighted by Gasteiger charge is -2.47. The highest BCUT2D eigenvalue weighted by Gasteiger charge is 2.68. The van der Waals surface area contributed by atoms with Crippen molar-refractivity contribution in [3.05, 3.63) is 89.7 Å². The Balaban J connectivity index is 2.23. The van der Waals surface area contributed by atoms with Crippen molar-refractivity contribution in [1.82, 2.24) is 4.98 Å². The Bertz CT molecular complexity index is 1390. The molecule has 34 heavy (non-hydrogen) atoms. The normalized spacial score (nSPS) is 22.9.